The zero-order valence-corrected chi connectivity index (χ0v) is 9.88. The Hall–Kier alpha value is -2.04. The van der Waals surface area contributed by atoms with Crippen molar-refractivity contribution in [2.24, 2.45) is 0 Å². The Morgan fingerprint density at radius 2 is 1.53 bits per heavy atom. The summed E-state index contributed by atoms with van der Waals surface area (Å²) in [6.45, 7) is 3.92. The van der Waals surface area contributed by atoms with Crippen LogP contribution in [0, 0.1) is 0 Å². The first-order chi connectivity index (χ1) is 8.10. The molecule has 0 aliphatic heterocycles. The van der Waals surface area contributed by atoms with Gasteiger partial charge in [-0.15, -0.1) is 0 Å². The van der Waals surface area contributed by atoms with E-state index in [9.17, 15) is 14.7 Å². The molecule has 0 saturated heterocycles. The minimum atomic E-state index is -0.621. The van der Waals surface area contributed by atoms with Crippen LogP contribution in [-0.4, -0.2) is 30.3 Å². The Morgan fingerprint density at radius 3 is 2.12 bits per heavy atom. The molecule has 0 heterocycles. The summed E-state index contributed by atoms with van der Waals surface area (Å²) in [5, 5.41) is 9.24. The van der Waals surface area contributed by atoms with Gasteiger partial charge < -0.3 is 14.6 Å². The van der Waals surface area contributed by atoms with E-state index in [1.54, 1.807) is 13.8 Å². The molecular weight excluding hydrogens is 224 g/mol. The number of ether oxygens (including phenoxy) is 2. The normalized spacial score (nSPS) is 12.0. The number of carbonyl (C=O) groups is 2. The molecular formula is C12H16O5. The van der Waals surface area contributed by atoms with Crippen molar-refractivity contribution in [3.8, 4) is 0 Å². The maximum atomic E-state index is 10.9. The number of allylic oxidation sites excluding steroid dienone is 3. The molecule has 0 spiro atoms. The third kappa shape index (κ3) is 8.92. The van der Waals surface area contributed by atoms with E-state index < -0.39 is 11.9 Å². The number of aliphatic hydroxyl groups is 1. The summed E-state index contributed by atoms with van der Waals surface area (Å²) in [5.41, 5.74) is 0. The minimum Gasteiger partial charge on any atom is -0.508 e. The van der Waals surface area contributed by atoms with E-state index >= 15 is 0 Å². The second-order valence-electron chi connectivity index (χ2n) is 2.79. The van der Waals surface area contributed by atoms with Gasteiger partial charge in [-0.1, -0.05) is 12.2 Å². The highest BCUT2D eigenvalue weighted by Gasteiger charge is 1.96. The topological polar surface area (TPSA) is 72.8 Å². The van der Waals surface area contributed by atoms with Gasteiger partial charge in [0.15, 0.2) is 0 Å². The van der Waals surface area contributed by atoms with Crippen molar-refractivity contribution in [2.45, 2.75) is 13.8 Å². The molecule has 0 unspecified atom stereocenters. The predicted octanol–water partition coefficient (Wildman–Crippen LogP) is 1.67. The van der Waals surface area contributed by atoms with E-state index in [0.29, 0.717) is 6.61 Å². The zero-order chi connectivity index (χ0) is 13.1. The van der Waals surface area contributed by atoms with Crippen molar-refractivity contribution in [2.75, 3.05) is 13.2 Å². The van der Waals surface area contributed by atoms with Gasteiger partial charge in [-0.05, 0) is 19.9 Å². The van der Waals surface area contributed by atoms with Crippen molar-refractivity contribution in [3.05, 3.63) is 36.1 Å². The molecule has 0 aliphatic rings. The van der Waals surface area contributed by atoms with Crippen LogP contribution in [0.4, 0.5) is 0 Å². The molecule has 0 radical (unpaired) electrons. The molecule has 0 amide bonds. The summed E-state index contributed by atoms with van der Waals surface area (Å²) in [4.78, 5) is 21.8. The van der Waals surface area contributed by atoms with Gasteiger partial charge in [-0.3, -0.25) is 0 Å². The molecule has 0 aromatic carbocycles. The van der Waals surface area contributed by atoms with Crippen LogP contribution in [0.5, 0.6) is 0 Å². The molecule has 0 fully saturated rings. The molecule has 17 heavy (non-hydrogen) atoms. The number of aliphatic hydroxyl groups excluding tert-OH is 1. The highest BCUT2D eigenvalue weighted by Crippen LogP contribution is 1.94. The van der Waals surface area contributed by atoms with Gasteiger partial charge in [0.1, 0.15) is 5.76 Å². The zero-order valence-electron chi connectivity index (χ0n) is 9.88. The van der Waals surface area contributed by atoms with Crippen molar-refractivity contribution in [1.29, 1.82) is 0 Å². The first-order valence-electron chi connectivity index (χ1n) is 5.19. The summed E-state index contributed by atoms with van der Waals surface area (Å²) in [6.07, 6.45) is 6.21. The standard InChI is InChI=1S/C12H16O5/c1-3-16-11(14)8-6-5-7-10(13)9-12(15)17-4-2/h5-9,13H,3-4H2,1-2H3/b7-5+,8-6+,10-9-. The average molecular weight is 240 g/mol. The van der Waals surface area contributed by atoms with Crippen LogP contribution >= 0.6 is 0 Å². The van der Waals surface area contributed by atoms with Gasteiger partial charge in [0.05, 0.1) is 19.3 Å². The quantitative estimate of drug-likeness (QED) is 0.331. The van der Waals surface area contributed by atoms with Gasteiger partial charge in [-0.2, -0.15) is 0 Å². The van der Waals surface area contributed by atoms with Crippen LogP contribution in [0.25, 0.3) is 0 Å². The monoisotopic (exact) mass is 240 g/mol. The number of rotatable bonds is 6. The van der Waals surface area contributed by atoms with Crippen LogP contribution in [0.15, 0.2) is 36.1 Å². The Balaban J connectivity index is 4.15. The van der Waals surface area contributed by atoms with Gasteiger partial charge in [-0.25, -0.2) is 9.59 Å². The van der Waals surface area contributed by atoms with E-state index in [1.165, 1.54) is 24.3 Å². The van der Waals surface area contributed by atoms with E-state index in [2.05, 4.69) is 9.47 Å². The maximum Gasteiger partial charge on any atom is 0.334 e. The molecule has 1 N–H and O–H groups in total. The lowest BCUT2D eigenvalue weighted by Crippen LogP contribution is -2.00. The van der Waals surface area contributed by atoms with Gasteiger partial charge >= 0.3 is 11.9 Å². The van der Waals surface area contributed by atoms with E-state index in [4.69, 9.17) is 0 Å². The second-order valence-corrected chi connectivity index (χ2v) is 2.79. The van der Waals surface area contributed by atoms with Crippen molar-refractivity contribution in [3.63, 3.8) is 0 Å². The van der Waals surface area contributed by atoms with Crippen molar-refractivity contribution < 1.29 is 24.2 Å². The number of carbonyl (C=O) groups excluding carboxylic acids is 2. The lowest BCUT2D eigenvalue weighted by Gasteiger charge is -1.95. The number of hydrogen-bond acceptors (Lipinski definition) is 5. The first-order valence-corrected chi connectivity index (χ1v) is 5.19. The Morgan fingerprint density at radius 1 is 1.00 bits per heavy atom. The van der Waals surface area contributed by atoms with Crippen LogP contribution in [-0.2, 0) is 19.1 Å². The number of esters is 2. The average Bonchev–Trinajstić information content (AvgIpc) is 2.25. The largest absolute Gasteiger partial charge is 0.508 e. The summed E-state index contributed by atoms with van der Waals surface area (Å²) in [5.74, 6) is -1.34. The maximum absolute atomic E-state index is 10.9. The van der Waals surface area contributed by atoms with E-state index in [-0.39, 0.29) is 12.4 Å². The first kappa shape index (κ1) is 15.0. The fourth-order valence-corrected chi connectivity index (χ4v) is 0.831. The lowest BCUT2D eigenvalue weighted by molar-refractivity contribution is -0.138. The van der Waals surface area contributed by atoms with Gasteiger partial charge in [0.2, 0.25) is 0 Å². The Labute approximate surface area is 100 Å². The van der Waals surface area contributed by atoms with Crippen LogP contribution in [0.1, 0.15) is 13.8 Å². The lowest BCUT2D eigenvalue weighted by atomic mass is 10.3. The van der Waals surface area contributed by atoms with Crippen LogP contribution in [0.2, 0.25) is 0 Å². The summed E-state index contributed by atoms with van der Waals surface area (Å²) < 4.78 is 9.22. The molecule has 0 bridgehead atoms. The van der Waals surface area contributed by atoms with Crippen LogP contribution < -0.4 is 0 Å². The Kier molecular flexibility index (Phi) is 8.10. The molecule has 5 nitrogen and oxygen atoms in total. The highest BCUT2D eigenvalue weighted by molar-refractivity contribution is 5.83. The molecule has 94 valence electrons. The summed E-state index contributed by atoms with van der Waals surface area (Å²) in [6, 6.07) is 0. The minimum absolute atomic E-state index is 0.245. The third-order valence-electron chi connectivity index (χ3n) is 1.45. The fourth-order valence-electron chi connectivity index (χ4n) is 0.831. The second kappa shape index (κ2) is 9.21. The van der Waals surface area contributed by atoms with Gasteiger partial charge in [0.25, 0.3) is 0 Å². The predicted molar refractivity (Wildman–Crippen MR) is 62.3 cm³/mol. The van der Waals surface area contributed by atoms with Gasteiger partial charge in [0, 0.05) is 6.08 Å². The highest BCUT2D eigenvalue weighted by atomic mass is 16.5. The molecule has 0 aromatic rings. The molecule has 0 saturated carbocycles. The van der Waals surface area contributed by atoms with Crippen molar-refractivity contribution in [1.82, 2.24) is 0 Å². The summed E-state index contributed by atoms with van der Waals surface area (Å²) in [7, 11) is 0. The fraction of sp³-hybridized carbons (Fsp3) is 0.333. The molecule has 0 atom stereocenters. The SMILES string of the molecule is CCOC(=O)/C=C(O)/C=C/C=C/C(=O)OCC. The molecule has 0 aliphatic carbocycles. The van der Waals surface area contributed by atoms with Crippen LogP contribution in [0.3, 0.4) is 0 Å². The van der Waals surface area contributed by atoms with Crippen molar-refractivity contribution >= 4 is 11.9 Å². The molecule has 0 rings (SSSR count). The molecule has 0 aromatic heterocycles. The Bertz CT molecular complexity index is 339. The smallest absolute Gasteiger partial charge is 0.334 e. The number of hydrogen-bond donors (Lipinski definition) is 1. The van der Waals surface area contributed by atoms with E-state index in [0.717, 1.165) is 6.08 Å². The summed E-state index contributed by atoms with van der Waals surface area (Å²) >= 11 is 0. The molecule has 5 heteroatoms. The van der Waals surface area contributed by atoms with E-state index in [1.807, 2.05) is 0 Å². The third-order valence-corrected chi connectivity index (χ3v) is 1.45.